The van der Waals surface area contributed by atoms with E-state index in [0.29, 0.717) is 19.3 Å². The van der Waals surface area contributed by atoms with Crippen molar-refractivity contribution < 1.29 is 14.3 Å². The van der Waals surface area contributed by atoms with Crippen LogP contribution in [-0.4, -0.2) is 42.5 Å². The van der Waals surface area contributed by atoms with Crippen LogP contribution >= 0.6 is 0 Å². The molecule has 2 aromatic carbocycles. The fourth-order valence-electron chi connectivity index (χ4n) is 5.85. The van der Waals surface area contributed by atoms with Crippen LogP contribution in [0, 0.1) is 0 Å². The first-order valence-electron chi connectivity index (χ1n) is 12.0. The van der Waals surface area contributed by atoms with Gasteiger partial charge in [0.05, 0.1) is 7.11 Å². The molecule has 5 heteroatoms. The van der Waals surface area contributed by atoms with Gasteiger partial charge in [-0.05, 0) is 60.9 Å². The molecule has 2 aromatic rings. The van der Waals surface area contributed by atoms with E-state index in [9.17, 15) is 9.59 Å². The second kappa shape index (κ2) is 8.69. The highest BCUT2D eigenvalue weighted by molar-refractivity contribution is 5.80. The van der Waals surface area contributed by atoms with Gasteiger partial charge in [-0.25, -0.2) is 0 Å². The molecule has 0 bridgehead atoms. The number of methoxy groups -OCH3 is 1. The largest absolute Gasteiger partial charge is 0.497 e. The number of benzene rings is 2. The predicted octanol–water partition coefficient (Wildman–Crippen LogP) is 4.25. The average Bonchev–Trinajstić information content (AvgIpc) is 3.39. The fraction of sp³-hybridized carbons (Fsp3) is 0.429. The van der Waals surface area contributed by atoms with E-state index in [1.165, 1.54) is 11.1 Å². The predicted molar refractivity (Wildman–Crippen MR) is 129 cm³/mol. The number of amides is 2. The zero-order valence-electron chi connectivity index (χ0n) is 19.3. The topological polar surface area (TPSA) is 58.6 Å². The Balaban J connectivity index is 1.20. The Morgan fingerprint density at radius 3 is 2.52 bits per heavy atom. The molecule has 1 aliphatic carbocycles. The molecule has 33 heavy (non-hydrogen) atoms. The molecule has 0 radical (unpaired) electrons. The SMILES string of the molecule is COc1ccc(C[C@]2(CCC(=O)N3CCC4(C=Cc5ccccc54)CC3)CCC(=O)N2)cc1. The third-order valence-electron chi connectivity index (χ3n) is 7.84. The highest BCUT2D eigenvalue weighted by Gasteiger charge is 2.41. The van der Waals surface area contributed by atoms with E-state index in [-0.39, 0.29) is 22.8 Å². The number of fused-ring (bicyclic) bond motifs is 2. The first-order chi connectivity index (χ1) is 16.0. The lowest BCUT2D eigenvalue weighted by atomic mass is 9.74. The number of hydrogen-bond acceptors (Lipinski definition) is 3. The molecule has 1 spiro atoms. The Kier molecular flexibility index (Phi) is 5.73. The summed E-state index contributed by atoms with van der Waals surface area (Å²) in [7, 11) is 1.66. The van der Waals surface area contributed by atoms with Gasteiger partial charge in [0.2, 0.25) is 11.8 Å². The molecule has 0 unspecified atom stereocenters. The zero-order valence-corrected chi connectivity index (χ0v) is 19.3. The molecule has 172 valence electrons. The number of hydrogen-bond donors (Lipinski definition) is 1. The fourth-order valence-corrected chi connectivity index (χ4v) is 5.85. The third-order valence-corrected chi connectivity index (χ3v) is 7.84. The number of likely N-dealkylation sites (tertiary alicyclic amines) is 1. The molecule has 1 N–H and O–H groups in total. The van der Waals surface area contributed by atoms with Crippen molar-refractivity contribution >= 4 is 17.9 Å². The van der Waals surface area contributed by atoms with E-state index >= 15 is 0 Å². The Hall–Kier alpha value is -3.08. The maximum absolute atomic E-state index is 13.1. The molecular weight excluding hydrogens is 412 g/mol. The number of rotatable bonds is 6. The van der Waals surface area contributed by atoms with E-state index < -0.39 is 0 Å². The molecule has 2 saturated heterocycles. The monoisotopic (exact) mass is 444 g/mol. The summed E-state index contributed by atoms with van der Waals surface area (Å²) >= 11 is 0. The molecule has 2 heterocycles. The third kappa shape index (κ3) is 4.29. The van der Waals surface area contributed by atoms with Gasteiger partial charge in [-0.2, -0.15) is 0 Å². The lowest BCUT2D eigenvalue weighted by Gasteiger charge is -2.40. The van der Waals surface area contributed by atoms with Gasteiger partial charge in [-0.3, -0.25) is 9.59 Å². The molecule has 0 saturated carbocycles. The smallest absolute Gasteiger partial charge is 0.222 e. The molecule has 5 rings (SSSR count). The Labute approximate surface area is 195 Å². The minimum absolute atomic E-state index is 0.0857. The van der Waals surface area contributed by atoms with Crippen LogP contribution in [0.1, 0.15) is 55.2 Å². The number of carbonyl (C=O) groups is 2. The van der Waals surface area contributed by atoms with Crippen LogP contribution in [0.15, 0.2) is 54.6 Å². The van der Waals surface area contributed by atoms with Crippen molar-refractivity contribution in [3.63, 3.8) is 0 Å². The summed E-state index contributed by atoms with van der Waals surface area (Å²) in [5.41, 5.74) is 3.62. The van der Waals surface area contributed by atoms with Crippen LogP contribution in [0.3, 0.4) is 0 Å². The van der Waals surface area contributed by atoms with Crippen molar-refractivity contribution in [2.24, 2.45) is 0 Å². The molecule has 3 aliphatic rings. The maximum atomic E-state index is 13.1. The standard InChI is InChI=1S/C28H32N2O3/c1-33-23-8-6-21(7-9-23)20-28(14-11-25(31)29-28)15-12-26(32)30-18-16-27(17-19-30)13-10-22-4-2-3-5-24(22)27/h2-10,13H,11-12,14-20H2,1H3,(H,29,31)/t28-/m1/s1. The summed E-state index contributed by atoms with van der Waals surface area (Å²) < 4.78 is 5.26. The van der Waals surface area contributed by atoms with Crippen molar-refractivity contribution in [1.82, 2.24) is 10.2 Å². The summed E-state index contributed by atoms with van der Waals surface area (Å²) in [4.78, 5) is 27.3. The summed E-state index contributed by atoms with van der Waals surface area (Å²) in [5.74, 6) is 1.11. The molecular formula is C28H32N2O3. The highest BCUT2D eigenvalue weighted by Crippen LogP contribution is 2.43. The summed E-state index contributed by atoms with van der Waals surface area (Å²) in [6.07, 6.45) is 9.71. The van der Waals surface area contributed by atoms with Gasteiger partial charge >= 0.3 is 0 Å². The maximum Gasteiger partial charge on any atom is 0.222 e. The van der Waals surface area contributed by atoms with Crippen molar-refractivity contribution in [1.29, 1.82) is 0 Å². The number of piperidine rings is 1. The van der Waals surface area contributed by atoms with Crippen LogP contribution in [0.25, 0.3) is 6.08 Å². The second-order valence-corrected chi connectivity index (χ2v) is 9.81. The zero-order chi connectivity index (χ0) is 22.9. The van der Waals surface area contributed by atoms with Crippen molar-refractivity contribution in [3.05, 3.63) is 71.3 Å². The van der Waals surface area contributed by atoms with Crippen molar-refractivity contribution in [2.45, 2.75) is 55.9 Å². The molecule has 2 fully saturated rings. The first kappa shape index (κ1) is 21.7. The van der Waals surface area contributed by atoms with Gasteiger partial charge in [-0.15, -0.1) is 0 Å². The van der Waals surface area contributed by atoms with Gasteiger partial charge < -0.3 is 15.0 Å². The van der Waals surface area contributed by atoms with E-state index in [4.69, 9.17) is 4.74 Å². The van der Waals surface area contributed by atoms with E-state index in [1.807, 2.05) is 29.2 Å². The van der Waals surface area contributed by atoms with Crippen molar-refractivity contribution in [2.75, 3.05) is 20.2 Å². The van der Waals surface area contributed by atoms with Crippen LogP contribution in [0.5, 0.6) is 5.75 Å². The summed E-state index contributed by atoms with van der Waals surface area (Å²) in [6, 6.07) is 16.6. The molecule has 2 amide bonds. The van der Waals surface area contributed by atoms with E-state index in [0.717, 1.165) is 50.1 Å². The first-order valence-corrected chi connectivity index (χ1v) is 12.0. The van der Waals surface area contributed by atoms with Gasteiger partial charge in [-0.1, -0.05) is 48.6 Å². The number of ether oxygens (including phenoxy) is 1. The van der Waals surface area contributed by atoms with Gasteiger partial charge in [0, 0.05) is 36.9 Å². The van der Waals surface area contributed by atoms with Crippen LogP contribution in [0.4, 0.5) is 0 Å². The summed E-state index contributed by atoms with van der Waals surface area (Å²) in [6.45, 7) is 1.57. The minimum atomic E-state index is -0.342. The Bertz CT molecular complexity index is 1070. The lowest BCUT2D eigenvalue weighted by Crippen LogP contribution is -2.47. The highest BCUT2D eigenvalue weighted by atomic mass is 16.5. The lowest BCUT2D eigenvalue weighted by molar-refractivity contribution is -0.133. The van der Waals surface area contributed by atoms with Gasteiger partial charge in [0.25, 0.3) is 0 Å². The van der Waals surface area contributed by atoms with Crippen LogP contribution < -0.4 is 10.1 Å². The second-order valence-electron chi connectivity index (χ2n) is 9.81. The van der Waals surface area contributed by atoms with E-state index in [1.54, 1.807) is 7.11 Å². The van der Waals surface area contributed by atoms with Gasteiger partial charge in [0.1, 0.15) is 5.75 Å². The summed E-state index contributed by atoms with van der Waals surface area (Å²) in [5, 5.41) is 3.20. The molecule has 2 aliphatic heterocycles. The van der Waals surface area contributed by atoms with E-state index in [2.05, 4.69) is 41.7 Å². The number of allylic oxidation sites excluding steroid dienone is 1. The molecule has 0 aromatic heterocycles. The quantitative estimate of drug-likeness (QED) is 0.725. The number of nitrogens with one attached hydrogen (secondary N) is 1. The molecule has 1 atom stereocenters. The number of nitrogens with zero attached hydrogens (tertiary/aromatic N) is 1. The minimum Gasteiger partial charge on any atom is -0.497 e. The van der Waals surface area contributed by atoms with Gasteiger partial charge in [0.15, 0.2) is 0 Å². The van der Waals surface area contributed by atoms with Crippen LogP contribution in [-0.2, 0) is 21.4 Å². The Morgan fingerprint density at radius 1 is 1.06 bits per heavy atom. The number of carbonyl (C=O) groups excluding carboxylic acids is 2. The Morgan fingerprint density at radius 2 is 1.82 bits per heavy atom. The average molecular weight is 445 g/mol. The van der Waals surface area contributed by atoms with Crippen molar-refractivity contribution in [3.8, 4) is 5.75 Å². The normalized spacial score (nSPS) is 22.9. The van der Waals surface area contributed by atoms with Crippen LogP contribution in [0.2, 0.25) is 0 Å². The molecule has 5 nitrogen and oxygen atoms in total.